The van der Waals surface area contributed by atoms with E-state index in [4.69, 9.17) is 5.11 Å². The molecular weight excluding hydrogens is 634 g/mol. The molecule has 0 saturated heterocycles. The predicted octanol–water partition coefficient (Wildman–Crippen LogP) is 2.00. The van der Waals surface area contributed by atoms with Gasteiger partial charge in [0.15, 0.2) is 0 Å². The van der Waals surface area contributed by atoms with Gasteiger partial charge in [0.05, 0.1) is 37.1 Å². The number of hydrogen-bond acceptors (Lipinski definition) is 8. The summed E-state index contributed by atoms with van der Waals surface area (Å²) < 4.78 is 0. The van der Waals surface area contributed by atoms with Gasteiger partial charge < -0.3 is 41.9 Å². The van der Waals surface area contributed by atoms with E-state index in [1.54, 1.807) is 27.7 Å². The zero-order valence-electron chi connectivity index (χ0n) is 31.3. The maximum atomic E-state index is 13.5. The van der Waals surface area contributed by atoms with Crippen LogP contribution in [-0.2, 0) is 28.8 Å². The number of carboxylic acid groups (broad SMARTS) is 1. The molecule has 0 aromatic carbocycles. The van der Waals surface area contributed by atoms with Gasteiger partial charge in [-0.2, -0.15) is 0 Å². The molecular formula is C35H65N5O9. The van der Waals surface area contributed by atoms with Crippen LogP contribution in [0.15, 0.2) is 0 Å². The average Bonchev–Trinajstić information content (AvgIpc) is 2.96. The van der Waals surface area contributed by atoms with E-state index in [0.29, 0.717) is 25.7 Å². The van der Waals surface area contributed by atoms with Crippen molar-refractivity contribution in [3.63, 3.8) is 0 Å². The molecule has 0 aromatic rings. The highest BCUT2D eigenvalue weighted by Crippen LogP contribution is 2.15. The number of rotatable bonds is 24. The number of carbonyl (C=O) groups is 6. The van der Waals surface area contributed by atoms with Crippen LogP contribution in [0.3, 0.4) is 0 Å². The van der Waals surface area contributed by atoms with Crippen molar-refractivity contribution in [2.75, 3.05) is 0 Å². The zero-order valence-corrected chi connectivity index (χ0v) is 31.3. The minimum absolute atomic E-state index is 0.0168. The fraction of sp³-hybridized carbons (Fsp3) is 0.829. The molecule has 284 valence electrons. The van der Waals surface area contributed by atoms with E-state index >= 15 is 0 Å². The van der Waals surface area contributed by atoms with Gasteiger partial charge in [-0.3, -0.25) is 28.8 Å². The normalized spacial score (nSPS) is 15.9. The molecule has 0 spiro atoms. The third kappa shape index (κ3) is 18.9. The standard InChI is InChI=1S/C35H65N5O9/c1-11-12-13-14-28(43)39-31(21(6)7)35(49)40-32(22(8)9)34(48)38-24(15-19(2)3)26(41)17-29(44)36-23(10)33(47)37-25(16-20(4)5)27(42)18-30(45)46/h19-27,31-32,41-42H,11-18H2,1-10H3,(H,36,44)(H,37,47)(H,38,48)(H,39,43)(H,40,49)(H,45,46). The lowest BCUT2D eigenvalue weighted by Gasteiger charge is -2.31. The van der Waals surface area contributed by atoms with Crippen LogP contribution in [0.1, 0.15) is 121 Å². The topological polar surface area (TPSA) is 223 Å². The molecule has 0 rings (SSSR count). The second kappa shape index (κ2) is 23.2. The molecule has 8 N–H and O–H groups in total. The Morgan fingerprint density at radius 2 is 1.00 bits per heavy atom. The van der Waals surface area contributed by atoms with Crippen LogP contribution in [0.2, 0.25) is 0 Å². The fourth-order valence-electron chi connectivity index (χ4n) is 5.33. The van der Waals surface area contributed by atoms with Crippen molar-refractivity contribution in [1.29, 1.82) is 0 Å². The third-order valence-corrected chi connectivity index (χ3v) is 8.10. The molecule has 0 radical (unpaired) electrons. The summed E-state index contributed by atoms with van der Waals surface area (Å²) in [6.07, 6.45) is -0.126. The Kier molecular flexibility index (Phi) is 21.7. The first kappa shape index (κ1) is 45.7. The largest absolute Gasteiger partial charge is 0.481 e. The second-order valence-corrected chi connectivity index (χ2v) is 14.7. The highest BCUT2D eigenvalue weighted by molar-refractivity contribution is 5.92. The monoisotopic (exact) mass is 699 g/mol. The van der Waals surface area contributed by atoms with Gasteiger partial charge >= 0.3 is 5.97 Å². The molecule has 5 amide bonds. The van der Waals surface area contributed by atoms with Crippen LogP contribution in [0.25, 0.3) is 0 Å². The lowest BCUT2D eigenvalue weighted by molar-refractivity contribution is -0.140. The molecule has 7 unspecified atom stereocenters. The molecule has 0 aromatic heterocycles. The summed E-state index contributed by atoms with van der Waals surface area (Å²) in [6, 6.07) is -4.59. The van der Waals surface area contributed by atoms with Crippen molar-refractivity contribution in [1.82, 2.24) is 26.6 Å². The smallest absolute Gasteiger partial charge is 0.306 e. The van der Waals surface area contributed by atoms with Crippen LogP contribution < -0.4 is 26.6 Å². The van der Waals surface area contributed by atoms with Crippen molar-refractivity contribution in [2.45, 2.75) is 163 Å². The molecule has 0 fully saturated rings. The maximum absolute atomic E-state index is 13.5. The van der Waals surface area contributed by atoms with Gasteiger partial charge in [-0.1, -0.05) is 75.2 Å². The number of carboxylic acids is 1. The minimum Gasteiger partial charge on any atom is -0.481 e. The SMILES string of the molecule is CCCCCC(=O)NC(C(=O)NC(C(=O)NC(CC(C)C)C(O)CC(=O)NC(C)C(=O)NC(CC(C)C)C(O)CC(=O)O)C(C)C)C(C)C. The van der Waals surface area contributed by atoms with Gasteiger partial charge in [-0.25, -0.2) is 0 Å². The van der Waals surface area contributed by atoms with Gasteiger partial charge in [0.1, 0.15) is 18.1 Å². The first-order chi connectivity index (χ1) is 22.7. The highest BCUT2D eigenvalue weighted by Gasteiger charge is 2.34. The van der Waals surface area contributed by atoms with Gasteiger partial charge in [0, 0.05) is 6.42 Å². The molecule has 14 nitrogen and oxygen atoms in total. The number of amides is 5. The van der Waals surface area contributed by atoms with E-state index in [1.165, 1.54) is 6.92 Å². The zero-order chi connectivity index (χ0) is 38.0. The Morgan fingerprint density at radius 3 is 1.45 bits per heavy atom. The van der Waals surface area contributed by atoms with Gasteiger partial charge in [0.2, 0.25) is 29.5 Å². The highest BCUT2D eigenvalue weighted by atomic mass is 16.4. The summed E-state index contributed by atoms with van der Waals surface area (Å²) in [7, 11) is 0. The Hall–Kier alpha value is -3.26. The summed E-state index contributed by atoms with van der Waals surface area (Å²) in [6.45, 7) is 18.1. The van der Waals surface area contributed by atoms with Crippen LogP contribution in [0.5, 0.6) is 0 Å². The molecule has 0 bridgehead atoms. The molecule has 0 heterocycles. The third-order valence-electron chi connectivity index (χ3n) is 8.10. The van der Waals surface area contributed by atoms with E-state index in [1.807, 2.05) is 34.6 Å². The van der Waals surface area contributed by atoms with Crippen LogP contribution in [0.4, 0.5) is 0 Å². The average molecular weight is 700 g/mol. The van der Waals surface area contributed by atoms with Crippen molar-refractivity contribution in [3.8, 4) is 0 Å². The molecule has 0 saturated carbocycles. The number of aliphatic hydroxyl groups excluding tert-OH is 2. The minimum atomic E-state index is -1.33. The Bertz CT molecular complexity index is 1070. The number of nitrogens with one attached hydrogen (secondary N) is 5. The van der Waals surface area contributed by atoms with Crippen molar-refractivity contribution in [3.05, 3.63) is 0 Å². The lowest BCUT2D eigenvalue weighted by atomic mass is 9.95. The first-order valence-electron chi connectivity index (χ1n) is 17.8. The van der Waals surface area contributed by atoms with Crippen molar-refractivity contribution >= 4 is 35.5 Å². The molecule has 14 heteroatoms. The lowest BCUT2D eigenvalue weighted by Crippen LogP contribution is -2.59. The van der Waals surface area contributed by atoms with Crippen molar-refractivity contribution in [2.24, 2.45) is 23.7 Å². The van der Waals surface area contributed by atoms with Gasteiger partial charge in [0.25, 0.3) is 0 Å². The second-order valence-electron chi connectivity index (χ2n) is 14.7. The van der Waals surface area contributed by atoms with Gasteiger partial charge in [-0.05, 0) is 49.9 Å². The van der Waals surface area contributed by atoms with Crippen LogP contribution in [-0.4, -0.2) is 93.2 Å². The van der Waals surface area contributed by atoms with E-state index in [-0.39, 0.29) is 29.6 Å². The predicted molar refractivity (Wildman–Crippen MR) is 187 cm³/mol. The quantitative estimate of drug-likeness (QED) is 0.0689. The molecule has 49 heavy (non-hydrogen) atoms. The number of carbonyl (C=O) groups excluding carboxylic acids is 5. The Balaban J connectivity index is 5.58. The summed E-state index contributed by atoms with van der Waals surface area (Å²) in [4.78, 5) is 76.1. The number of hydrogen-bond donors (Lipinski definition) is 8. The summed E-state index contributed by atoms with van der Waals surface area (Å²) in [5, 5.41) is 44.0. The van der Waals surface area contributed by atoms with E-state index in [0.717, 1.165) is 12.8 Å². The molecule has 0 aliphatic heterocycles. The summed E-state index contributed by atoms with van der Waals surface area (Å²) >= 11 is 0. The first-order valence-corrected chi connectivity index (χ1v) is 17.8. The summed E-state index contributed by atoms with van der Waals surface area (Å²) in [5.41, 5.74) is 0. The van der Waals surface area contributed by atoms with Crippen molar-refractivity contribution < 1.29 is 44.1 Å². The van der Waals surface area contributed by atoms with Crippen LogP contribution in [0, 0.1) is 23.7 Å². The molecule has 0 aliphatic rings. The fourth-order valence-corrected chi connectivity index (χ4v) is 5.33. The Morgan fingerprint density at radius 1 is 0.551 bits per heavy atom. The molecule has 7 atom stereocenters. The summed E-state index contributed by atoms with van der Waals surface area (Å²) in [5.74, 6) is -4.29. The van der Waals surface area contributed by atoms with E-state index < -0.39 is 84.9 Å². The molecule has 0 aliphatic carbocycles. The Labute approximate surface area is 292 Å². The van der Waals surface area contributed by atoms with Crippen LogP contribution >= 0.6 is 0 Å². The maximum Gasteiger partial charge on any atom is 0.306 e. The van der Waals surface area contributed by atoms with E-state index in [9.17, 15) is 39.0 Å². The van der Waals surface area contributed by atoms with E-state index in [2.05, 4.69) is 26.6 Å². The number of aliphatic carboxylic acids is 1. The van der Waals surface area contributed by atoms with Gasteiger partial charge in [-0.15, -0.1) is 0 Å². The number of aliphatic hydroxyl groups is 2. The number of unbranched alkanes of at least 4 members (excludes halogenated alkanes) is 2.